The van der Waals surface area contributed by atoms with Gasteiger partial charge in [-0.05, 0) is 69.1 Å². The minimum absolute atomic E-state index is 0.0319. The van der Waals surface area contributed by atoms with Gasteiger partial charge in [-0.2, -0.15) is 0 Å². The topological polar surface area (TPSA) is 61.2 Å². The van der Waals surface area contributed by atoms with E-state index in [1.54, 1.807) is 0 Å². The summed E-state index contributed by atoms with van der Waals surface area (Å²) >= 11 is 1.51. The molecule has 0 spiro atoms. The molecule has 1 aromatic carbocycles. The van der Waals surface area contributed by atoms with Gasteiger partial charge in [0.05, 0.1) is 11.7 Å². The van der Waals surface area contributed by atoms with E-state index >= 15 is 0 Å². The number of aryl methyl sites for hydroxylation is 3. The molecule has 1 aliphatic rings. The summed E-state index contributed by atoms with van der Waals surface area (Å²) in [4.78, 5) is 32.0. The second kappa shape index (κ2) is 8.34. The largest absolute Gasteiger partial charge is 0.461 e. The quantitative estimate of drug-likeness (QED) is 0.542. The van der Waals surface area contributed by atoms with Crippen molar-refractivity contribution in [2.24, 2.45) is 5.92 Å². The van der Waals surface area contributed by atoms with Crippen molar-refractivity contribution in [3.8, 4) is 11.1 Å². The Labute approximate surface area is 180 Å². The van der Waals surface area contributed by atoms with Crippen LogP contribution in [0.2, 0.25) is 0 Å². The molecule has 0 atom stereocenters. The summed E-state index contributed by atoms with van der Waals surface area (Å²) in [6.07, 6.45) is 5.40. The van der Waals surface area contributed by atoms with Crippen LogP contribution in [0.4, 0.5) is 0 Å². The Hall–Kier alpha value is -2.47. The molecule has 1 saturated carbocycles. The van der Waals surface area contributed by atoms with Crippen LogP contribution in [0, 0.1) is 26.7 Å². The highest BCUT2D eigenvalue weighted by Gasteiger charge is 2.23. The average molecular weight is 425 g/mol. The van der Waals surface area contributed by atoms with Gasteiger partial charge in [0.25, 0.3) is 5.56 Å². The number of carbonyl (C=O) groups is 1. The van der Waals surface area contributed by atoms with Crippen molar-refractivity contribution in [1.29, 1.82) is 0 Å². The summed E-state index contributed by atoms with van der Waals surface area (Å²) in [6.45, 7) is 8.29. The first kappa shape index (κ1) is 20.8. The number of ether oxygens (including phenoxy) is 1. The van der Waals surface area contributed by atoms with Crippen molar-refractivity contribution < 1.29 is 9.53 Å². The molecule has 0 bridgehead atoms. The highest BCUT2D eigenvalue weighted by molar-refractivity contribution is 7.19. The number of hydrogen-bond donors (Lipinski definition) is 0. The molecule has 2 heterocycles. The summed E-state index contributed by atoms with van der Waals surface area (Å²) in [5, 5.41) is 0.586. The van der Waals surface area contributed by atoms with Gasteiger partial charge in [-0.1, -0.05) is 25.1 Å². The van der Waals surface area contributed by atoms with Crippen molar-refractivity contribution in [1.82, 2.24) is 9.55 Å². The van der Waals surface area contributed by atoms with E-state index in [-0.39, 0.29) is 24.2 Å². The molecular formula is C24H28N2O3S. The summed E-state index contributed by atoms with van der Waals surface area (Å²) in [5.41, 5.74) is 4.14. The Kier molecular flexibility index (Phi) is 5.78. The summed E-state index contributed by atoms with van der Waals surface area (Å²) in [5.74, 6) is 0.331. The number of hydrogen-bond acceptors (Lipinski definition) is 5. The predicted molar refractivity (Wildman–Crippen MR) is 121 cm³/mol. The zero-order valence-corrected chi connectivity index (χ0v) is 18.8. The van der Waals surface area contributed by atoms with Gasteiger partial charge in [0.2, 0.25) is 0 Å². The van der Waals surface area contributed by atoms with Gasteiger partial charge in [-0.3, -0.25) is 14.2 Å². The van der Waals surface area contributed by atoms with Crippen LogP contribution < -0.4 is 5.56 Å². The van der Waals surface area contributed by atoms with E-state index in [9.17, 15) is 9.59 Å². The van der Waals surface area contributed by atoms with Crippen LogP contribution in [-0.4, -0.2) is 21.6 Å². The van der Waals surface area contributed by atoms with Gasteiger partial charge < -0.3 is 4.74 Å². The Balaban J connectivity index is 1.64. The number of esters is 1. The molecule has 0 unspecified atom stereocenters. The van der Waals surface area contributed by atoms with Crippen molar-refractivity contribution >= 4 is 27.5 Å². The van der Waals surface area contributed by atoms with Crippen LogP contribution in [0.5, 0.6) is 0 Å². The Bertz CT molecular complexity index is 1150. The minimum Gasteiger partial charge on any atom is -0.461 e. The number of thiophene rings is 1. The number of aromatic nitrogens is 2. The molecule has 0 N–H and O–H groups in total. The molecule has 0 saturated heterocycles. The highest BCUT2D eigenvalue weighted by Crippen LogP contribution is 2.36. The second-order valence-corrected chi connectivity index (χ2v) is 9.76. The maximum atomic E-state index is 13.3. The molecule has 1 fully saturated rings. The number of benzene rings is 1. The number of nitrogens with zero attached hydrogens (tertiary/aromatic N) is 2. The van der Waals surface area contributed by atoms with Crippen LogP contribution in [0.3, 0.4) is 0 Å². The lowest BCUT2D eigenvalue weighted by atomic mass is 9.89. The van der Waals surface area contributed by atoms with Gasteiger partial charge >= 0.3 is 5.97 Å². The number of rotatable bonds is 4. The van der Waals surface area contributed by atoms with Gasteiger partial charge in [-0.25, -0.2) is 4.98 Å². The molecule has 158 valence electrons. The van der Waals surface area contributed by atoms with E-state index in [1.165, 1.54) is 33.4 Å². The van der Waals surface area contributed by atoms with Crippen molar-refractivity contribution in [3.63, 3.8) is 0 Å². The molecule has 0 amide bonds. The van der Waals surface area contributed by atoms with Crippen LogP contribution in [-0.2, 0) is 16.1 Å². The van der Waals surface area contributed by atoms with Crippen molar-refractivity contribution in [2.75, 3.05) is 0 Å². The third-order valence-corrected chi connectivity index (χ3v) is 7.22. The van der Waals surface area contributed by atoms with Crippen LogP contribution >= 0.6 is 11.3 Å². The molecule has 0 aliphatic heterocycles. The third-order valence-electron chi connectivity index (χ3n) is 6.21. The fraction of sp³-hybridized carbons (Fsp3) is 0.458. The van der Waals surface area contributed by atoms with E-state index in [0.717, 1.165) is 41.7 Å². The van der Waals surface area contributed by atoms with E-state index in [2.05, 4.69) is 37.9 Å². The monoisotopic (exact) mass is 424 g/mol. The Morgan fingerprint density at radius 3 is 2.60 bits per heavy atom. The first-order valence-electron chi connectivity index (χ1n) is 10.6. The Morgan fingerprint density at radius 2 is 1.90 bits per heavy atom. The van der Waals surface area contributed by atoms with E-state index in [1.807, 2.05) is 13.0 Å². The first-order valence-corrected chi connectivity index (χ1v) is 11.4. The second-order valence-electron chi connectivity index (χ2n) is 8.56. The summed E-state index contributed by atoms with van der Waals surface area (Å²) in [7, 11) is 0. The van der Waals surface area contributed by atoms with E-state index < -0.39 is 0 Å². The molecule has 30 heavy (non-hydrogen) atoms. The van der Waals surface area contributed by atoms with Crippen LogP contribution in [0.25, 0.3) is 21.3 Å². The highest BCUT2D eigenvalue weighted by atomic mass is 32.1. The molecule has 4 rings (SSSR count). The lowest BCUT2D eigenvalue weighted by Crippen LogP contribution is -2.29. The molecule has 3 aromatic rings. The number of carbonyl (C=O) groups excluding carboxylic acids is 1. The maximum absolute atomic E-state index is 13.3. The zero-order chi connectivity index (χ0) is 21.4. The average Bonchev–Trinajstić information content (AvgIpc) is 3.05. The Morgan fingerprint density at radius 1 is 1.17 bits per heavy atom. The molecule has 1 aliphatic carbocycles. The molecular weight excluding hydrogens is 396 g/mol. The smallest absolute Gasteiger partial charge is 0.326 e. The van der Waals surface area contributed by atoms with Gasteiger partial charge in [-0.15, -0.1) is 11.3 Å². The van der Waals surface area contributed by atoms with Crippen LogP contribution in [0.1, 0.15) is 48.6 Å². The lowest BCUT2D eigenvalue weighted by molar-refractivity contribution is -0.151. The van der Waals surface area contributed by atoms with E-state index in [0.29, 0.717) is 16.1 Å². The predicted octanol–water partition coefficient (Wildman–Crippen LogP) is 5.17. The maximum Gasteiger partial charge on any atom is 0.326 e. The molecule has 5 nitrogen and oxygen atoms in total. The molecule has 6 heteroatoms. The van der Waals surface area contributed by atoms with Crippen molar-refractivity contribution in [2.45, 2.75) is 66.0 Å². The van der Waals surface area contributed by atoms with E-state index in [4.69, 9.17) is 4.74 Å². The zero-order valence-electron chi connectivity index (χ0n) is 18.0. The molecule has 2 aromatic heterocycles. The normalized spacial score (nSPS) is 19.2. The lowest BCUT2D eigenvalue weighted by Gasteiger charge is -2.26. The van der Waals surface area contributed by atoms with Crippen LogP contribution in [0.15, 0.2) is 29.3 Å². The van der Waals surface area contributed by atoms with Gasteiger partial charge in [0.1, 0.15) is 17.5 Å². The first-order chi connectivity index (χ1) is 14.3. The summed E-state index contributed by atoms with van der Waals surface area (Å²) in [6, 6.07) is 6.23. The fourth-order valence-electron chi connectivity index (χ4n) is 4.20. The van der Waals surface area contributed by atoms with Gasteiger partial charge in [0.15, 0.2) is 0 Å². The molecule has 0 radical (unpaired) electrons. The number of fused-ring (bicyclic) bond motifs is 1. The minimum atomic E-state index is -0.363. The summed E-state index contributed by atoms with van der Waals surface area (Å²) < 4.78 is 7.02. The fourth-order valence-corrected chi connectivity index (χ4v) is 5.21. The standard InChI is InChI=1S/C24H28N2O3S/c1-14-5-9-19(10-6-14)29-20(27)12-26-13-25-23-22(24(26)28)21(17(4)30-23)18-8-7-15(2)16(3)11-18/h7-8,11,13-14,19H,5-6,9-10,12H2,1-4H3. The van der Waals surface area contributed by atoms with Gasteiger partial charge in [0, 0.05) is 10.4 Å². The van der Waals surface area contributed by atoms with Crippen molar-refractivity contribution in [3.05, 3.63) is 50.9 Å². The third kappa shape index (κ3) is 4.06. The SMILES string of the molecule is Cc1ccc(-c2c(C)sc3ncn(CC(=O)OC4CCC(C)CC4)c(=O)c23)cc1C.